The van der Waals surface area contributed by atoms with Crippen molar-refractivity contribution < 1.29 is 18.1 Å². The van der Waals surface area contributed by atoms with Crippen LogP contribution in [0.5, 0.6) is 0 Å². The Morgan fingerprint density at radius 3 is 2.25 bits per heavy atom. The molecule has 0 aliphatic carbocycles. The summed E-state index contributed by atoms with van der Waals surface area (Å²) in [6.45, 7) is 2.09. The molecule has 0 aliphatic heterocycles. The predicted octanol–water partition coefficient (Wildman–Crippen LogP) is 3.18. The van der Waals surface area contributed by atoms with E-state index < -0.39 is 17.5 Å². The van der Waals surface area contributed by atoms with Crippen LogP contribution in [0.3, 0.4) is 0 Å². The second kappa shape index (κ2) is 6.92. The van der Waals surface area contributed by atoms with Crippen LogP contribution in [0.15, 0.2) is 12.1 Å². The first-order chi connectivity index (χ1) is 9.31. The van der Waals surface area contributed by atoms with Gasteiger partial charge < -0.3 is 10.6 Å². The average Bonchev–Trinajstić information content (AvgIpc) is 2.34. The topological polar surface area (TPSA) is 80.1 Å². The SMILES string of the molecule is CCCNc1cc([N+](=O)[O-])cc(NCCC(F)(F)F)n1. The summed E-state index contributed by atoms with van der Waals surface area (Å²) in [6.07, 6.45) is -4.52. The van der Waals surface area contributed by atoms with Gasteiger partial charge in [0.2, 0.25) is 0 Å². The number of alkyl halides is 3. The number of halogens is 3. The van der Waals surface area contributed by atoms with Gasteiger partial charge in [-0.3, -0.25) is 10.1 Å². The van der Waals surface area contributed by atoms with Crippen molar-refractivity contribution in [1.29, 1.82) is 0 Å². The maximum absolute atomic E-state index is 12.0. The van der Waals surface area contributed by atoms with Crippen LogP contribution in [0.1, 0.15) is 19.8 Å². The lowest BCUT2D eigenvalue weighted by atomic mass is 10.3. The van der Waals surface area contributed by atoms with E-state index in [1.807, 2.05) is 6.92 Å². The van der Waals surface area contributed by atoms with Crippen LogP contribution in [0.4, 0.5) is 30.5 Å². The quantitative estimate of drug-likeness (QED) is 0.596. The van der Waals surface area contributed by atoms with Gasteiger partial charge in [-0.25, -0.2) is 4.98 Å². The molecule has 6 nitrogen and oxygen atoms in total. The minimum Gasteiger partial charge on any atom is -0.370 e. The average molecular weight is 292 g/mol. The van der Waals surface area contributed by atoms with E-state index in [1.165, 1.54) is 6.07 Å². The van der Waals surface area contributed by atoms with Gasteiger partial charge in [0.25, 0.3) is 5.69 Å². The van der Waals surface area contributed by atoms with Crippen LogP contribution in [-0.2, 0) is 0 Å². The minimum absolute atomic E-state index is 0.0436. The zero-order valence-corrected chi connectivity index (χ0v) is 10.8. The number of rotatable bonds is 7. The summed E-state index contributed by atoms with van der Waals surface area (Å²) in [5.74, 6) is 0.303. The molecule has 0 unspecified atom stereocenters. The lowest BCUT2D eigenvalue weighted by Crippen LogP contribution is -2.15. The first kappa shape index (κ1) is 16.0. The van der Waals surface area contributed by atoms with E-state index in [-0.39, 0.29) is 23.9 Å². The van der Waals surface area contributed by atoms with Crippen molar-refractivity contribution in [2.75, 3.05) is 23.7 Å². The fourth-order valence-corrected chi connectivity index (χ4v) is 1.39. The molecule has 0 saturated carbocycles. The number of hydrogen-bond acceptors (Lipinski definition) is 5. The normalized spacial score (nSPS) is 11.2. The highest BCUT2D eigenvalue weighted by Gasteiger charge is 2.26. The Labute approximate surface area is 113 Å². The summed E-state index contributed by atoms with van der Waals surface area (Å²) < 4.78 is 36.1. The molecule has 1 aromatic rings. The lowest BCUT2D eigenvalue weighted by Gasteiger charge is -2.10. The van der Waals surface area contributed by atoms with Crippen LogP contribution < -0.4 is 10.6 Å². The Bertz CT molecular complexity index is 465. The van der Waals surface area contributed by atoms with Gasteiger partial charge >= 0.3 is 6.18 Å². The molecule has 0 spiro atoms. The van der Waals surface area contributed by atoms with E-state index in [9.17, 15) is 23.3 Å². The van der Waals surface area contributed by atoms with Gasteiger partial charge in [-0.15, -0.1) is 0 Å². The highest BCUT2D eigenvalue weighted by Crippen LogP contribution is 2.22. The second-order valence-corrected chi connectivity index (χ2v) is 4.07. The van der Waals surface area contributed by atoms with Crippen LogP contribution >= 0.6 is 0 Å². The van der Waals surface area contributed by atoms with Crippen molar-refractivity contribution in [3.8, 4) is 0 Å². The van der Waals surface area contributed by atoms with Crippen molar-refractivity contribution in [2.24, 2.45) is 0 Å². The molecule has 112 valence electrons. The fourth-order valence-electron chi connectivity index (χ4n) is 1.39. The van der Waals surface area contributed by atoms with Gasteiger partial charge in [-0.05, 0) is 6.42 Å². The Morgan fingerprint density at radius 1 is 1.25 bits per heavy atom. The standard InChI is InChI=1S/C11H15F3N4O2/c1-2-4-15-9-6-8(18(19)20)7-10(17-9)16-5-3-11(12,13)14/h6-7H,2-5H2,1H3,(H2,15,16,17). The molecule has 1 heterocycles. The first-order valence-corrected chi connectivity index (χ1v) is 6.03. The third-order valence-electron chi connectivity index (χ3n) is 2.29. The summed E-state index contributed by atoms with van der Waals surface area (Å²) in [7, 11) is 0. The van der Waals surface area contributed by atoms with E-state index in [2.05, 4.69) is 15.6 Å². The second-order valence-electron chi connectivity index (χ2n) is 4.07. The monoisotopic (exact) mass is 292 g/mol. The van der Waals surface area contributed by atoms with E-state index in [0.717, 1.165) is 12.5 Å². The highest BCUT2D eigenvalue weighted by atomic mass is 19.4. The number of anilines is 2. The van der Waals surface area contributed by atoms with E-state index in [0.29, 0.717) is 6.54 Å². The van der Waals surface area contributed by atoms with Crippen molar-refractivity contribution in [1.82, 2.24) is 4.98 Å². The summed E-state index contributed by atoms with van der Waals surface area (Å²) in [5, 5.41) is 16.1. The van der Waals surface area contributed by atoms with Crippen molar-refractivity contribution in [3.63, 3.8) is 0 Å². The summed E-state index contributed by atoms with van der Waals surface area (Å²) >= 11 is 0. The molecule has 9 heteroatoms. The zero-order valence-electron chi connectivity index (χ0n) is 10.8. The molecule has 0 radical (unpaired) electrons. The third-order valence-corrected chi connectivity index (χ3v) is 2.29. The fraction of sp³-hybridized carbons (Fsp3) is 0.545. The molecule has 0 atom stereocenters. The maximum atomic E-state index is 12.0. The number of nitrogens with one attached hydrogen (secondary N) is 2. The van der Waals surface area contributed by atoms with Crippen LogP contribution in [0, 0.1) is 10.1 Å². The van der Waals surface area contributed by atoms with Gasteiger partial charge in [-0.2, -0.15) is 13.2 Å². The van der Waals surface area contributed by atoms with Crippen molar-refractivity contribution >= 4 is 17.3 Å². The molecule has 0 aliphatic rings. The zero-order chi connectivity index (χ0) is 15.2. The molecular formula is C11H15F3N4O2. The Hall–Kier alpha value is -2.06. The van der Waals surface area contributed by atoms with Gasteiger partial charge in [0.1, 0.15) is 11.6 Å². The number of nitrogens with zero attached hydrogens (tertiary/aromatic N) is 2. The van der Waals surface area contributed by atoms with Crippen LogP contribution in [-0.4, -0.2) is 29.2 Å². The smallest absolute Gasteiger partial charge is 0.370 e. The number of hydrogen-bond donors (Lipinski definition) is 2. The maximum Gasteiger partial charge on any atom is 0.390 e. The summed E-state index contributed by atoms with van der Waals surface area (Å²) in [4.78, 5) is 14.1. The summed E-state index contributed by atoms with van der Waals surface area (Å²) in [5.41, 5.74) is -0.229. The van der Waals surface area contributed by atoms with Gasteiger partial charge in [0.05, 0.1) is 23.5 Å². The molecule has 20 heavy (non-hydrogen) atoms. The van der Waals surface area contributed by atoms with E-state index >= 15 is 0 Å². The number of aromatic nitrogens is 1. The molecule has 1 aromatic heterocycles. The lowest BCUT2D eigenvalue weighted by molar-refractivity contribution is -0.384. The minimum atomic E-state index is -4.28. The Morgan fingerprint density at radius 2 is 1.80 bits per heavy atom. The summed E-state index contributed by atoms with van der Waals surface area (Å²) in [6, 6.07) is 2.35. The molecule has 0 amide bonds. The Kier molecular flexibility index (Phi) is 5.53. The third kappa shape index (κ3) is 5.72. The largest absolute Gasteiger partial charge is 0.390 e. The van der Waals surface area contributed by atoms with E-state index in [1.54, 1.807) is 0 Å². The highest BCUT2D eigenvalue weighted by molar-refractivity contribution is 5.54. The number of pyridine rings is 1. The van der Waals surface area contributed by atoms with Gasteiger partial charge in [0.15, 0.2) is 0 Å². The molecular weight excluding hydrogens is 277 g/mol. The van der Waals surface area contributed by atoms with Gasteiger partial charge in [0, 0.05) is 13.1 Å². The molecule has 0 aromatic carbocycles. The van der Waals surface area contributed by atoms with Crippen molar-refractivity contribution in [2.45, 2.75) is 25.9 Å². The Balaban J connectivity index is 2.77. The van der Waals surface area contributed by atoms with Crippen molar-refractivity contribution in [3.05, 3.63) is 22.2 Å². The molecule has 0 bridgehead atoms. The van der Waals surface area contributed by atoms with Gasteiger partial charge in [-0.1, -0.05) is 6.92 Å². The molecule has 0 saturated heterocycles. The molecule has 0 fully saturated rings. The predicted molar refractivity (Wildman–Crippen MR) is 68.8 cm³/mol. The first-order valence-electron chi connectivity index (χ1n) is 6.03. The number of nitro groups is 1. The van der Waals surface area contributed by atoms with Crippen LogP contribution in [0.2, 0.25) is 0 Å². The molecule has 2 N–H and O–H groups in total. The van der Waals surface area contributed by atoms with Crippen LogP contribution in [0.25, 0.3) is 0 Å². The molecule has 1 rings (SSSR count). The van der Waals surface area contributed by atoms with E-state index in [4.69, 9.17) is 0 Å².